The maximum absolute atomic E-state index is 13.6. The van der Waals surface area contributed by atoms with Crippen molar-refractivity contribution in [3.05, 3.63) is 65.4 Å². The van der Waals surface area contributed by atoms with Crippen molar-refractivity contribution in [3.63, 3.8) is 0 Å². The molecule has 1 aliphatic heterocycles. The fraction of sp³-hybridized carbons (Fsp3) is 0.208. The van der Waals surface area contributed by atoms with Crippen LogP contribution >= 0.6 is 11.6 Å². The monoisotopic (exact) mass is 516 g/mol. The van der Waals surface area contributed by atoms with Crippen molar-refractivity contribution in [1.82, 2.24) is 15.0 Å². The Balaban J connectivity index is 1.40. The van der Waals surface area contributed by atoms with Crippen LogP contribution in [0.15, 0.2) is 54.7 Å². The lowest BCUT2D eigenvalue weighted by molar-refractivity contribution is -0.141. The molecule has 36 heavy (non-hydrogen) atoms. The number of alkyl halides is 3. The van der Waals surface area contributed by atoms with E-state index < -0.39 is 11.9 Å². The van der Waals surface area contributed by atoms with E-state index >= 15 is 0 Å². The second-order valence-corrected chi connectivity index (χ2v) is 8.70. The summed E-state index contributed by atoms with van der Waals surface area (Å²) >= 11 is 6.09. The third kappa shape index (κ3) is 5.01. The number of nitrogens with zero attached hydrogens (tertiary/aromatic N) is 5. The quantitative estimate of drug-likeness (QED) is 0.341. The average molecular weight is 517 g/mol. The summed E-state index contributed by atoms with van der Waals surface area (Å²) in [4.78, 5) is 16.1. The number of phenolic OH excluding ortho intramolecular Hbond substituents is 2. The molecule has 0 amide bonds. The highest BCUT2D eigenvalue weighted by atomic mass is 35.5. The zero-order valence-corrected chi connectivity index (χ0v) is 19.4. The van der Waals surface area contributed by atoms with Crippen LogP contribution in [0, 0.1) is 0 Å². The number of hydrogen-bond acceptors (Lipinski definition) is 8. The SMILES string of the molecule is Oc1cc(O)cc(Nc2nc(N3CCN(c4ccnc5cc(Cl)ccc45)CC3)cc(C(F)(F)F)n2)c1. The summed E-state index contributed by atoms with van der Waals surface area (Å²) in [6, 6.07) is 11.9. The van der Waals surface area contributed by atoms with Gasteiger partial charge in [0.05, 0.1) is 5.52 Å². The molecular weight excluding hydrogens is 497 g/mol. The summed E-state index contributed by atoms with van der Waals surface area (Å²) in [5, 5.41) is 23.5. The highest BCUT2D eigenvalue weighted by molar-refractivity contribution is 6.31. The smallest absolute Gasteiger partial charge is 0.433 e. The van der Waals surface area contributed by atoms with Crippen molar-refractivity contribution in [2.75, 3.05) is 41.3 Å². The Morgan fingerprint density at radius 1 is 0.861 bits per heavy atom. The minimum atomic E-state index is -4.69. The molecule has 4 aromatic rings. The molecule has 0 bridgehead atoms. The van der Waals surface area contributed by atoms with Gasteiger partial charge >= 0.3 is 6.18 Å². The molecule has 0 radical (unpaired) electrons. The summed E-state index contributed by atoms with van der Waals surface area (Å²) in [6.45, 7) is 1.96. The summed E-state index contributed by atoms with van der Waals surface area (Å²) < 4.78 is 40.8. The number of benzene rings is 2. The topological polar surface area (TPSA) is 97.6 Å². The molecule has 3 N–H and O–H groups in total. The van der Waals surface area contributed by atoms with E-state index in [1.807, 2.05) is 12.1 Å². The van der Waals surface area contributed by atoms with Gasteiger partial charge in [-0.3, -0.25) is 4.98 Å². The number of phenols is 2. The minimum Gasteiger partial charge on any atom is -0.508 e. The molecule has 2 aromatic heterocycles. The molecule has 8 nitrogen and oxygen atoms in total. The number of aromatic nitrogens is 3. The van der Waals surface area contributed by atoms with Gasteiger partial charge in [-0.05, 0) is 24.3 Å². The average Bonchev–Trinajstić information content (AvgIpc) is 2.82. The number of rotatable bonds is 4. The zero-order chi connectivity index (χ0) is 25.4. The van der Waals surface area contributed by atoms with Crippen molar-refractivity contribution >= 4 is 45.6 Å². The van der Waals surface area contributed by atoms with Gasteiger partial charge in [-0.15, -0.1) is 0 Å². The molecule has 1 fully saturated rings. The molecule has 186 valence electrons. The summed E-state index contributed by atoms with van der Waals surface area (Å²) in [5.41, 5.74) is 0.786. The fourth-order valence-electron chi connectivity index (χ4n) is 4.15. The van der Waals surface area contributed by atoms with Crippen molar-refractivity contribution in [1.29, 1.82) is 0 Å². The van der Waals surface area contributed by atoms with Crippen LogP contribution in [0.25, 0.3) is 10.9 Å². The standard InChI is InChI=1S/C24H20ClF3N6O2/c25-14-1-2-18-19(9-14)29-4-3-20(18)33-5-7-34(8-6-33)22-13-21(24(26,27)28)31-23(32-22)30-15-10-16(35)12-17(36)11-15/h1-4,9-13,35-36H,5-8H2,(H,30,31,32). The van der Waals surface area contributed by atoms with E-state index in [9.17, 15) is 23.4 Å². The third-order valence-corrected chi connectivity index (χ3v) is 6.02. The lowest BCUT2D eigenvalue weighted by atomic mass is 10.1. The molecule has 2 aromatic carbocycles. The predicted molar refractivity (Wildman–Crippen MR) is 131 cm³/mol. The second-order valence-electron chi connectivity index (χ2n) is 8.26. The first kappa shape index (κ1) is 23.7. The fourth-order valence-corrected chi connectivity index (χ4v) is 4.32. The van der Waals surface area contributed by atoms with Crippen LogP contribution in [0.5, 0.6) is 11.5 Å². The number of pyridine rings is 1. The lowest BCUT2D eigenvalue weighted by Gasteiger charge is -2.37. The van der Waals surface area contributed by atoms with Gasteiger partial charge in [0.15, 0.2) is 5.69 Å². The third-order valence-electron chi connectivity index (χ3n) is 5.79. The Morgan fingerprint density at radius 3 is 2.25 bits per heavy atom. The van der Waals surface area contributed by atoms with Gasteiger partial charge < -0.3 is 25.3 Å². The minimum absolute atomic E-state index is 0.121. The number of fused-ring (bicyclic) bond motifs is 1. The van der Waals surface area contributed by atoms with E-state index in [4.69, 9.17) is 11.6 Å². The highest BCUT2D eigenvalue weighted by Gasteiger charge is 2.34. The maximum atomic E-state index is 13.6. The highest BCUT2D eigenvalue weighted by Crippen LogP contribution is 2.33. The van der Waals surface area contributed by atoms with Gasteiger partial charge in [0.2, 0.25) is 5.95 Å². The van der Waals surface area contributed by atoms with Crippen LogP contribution in [0.1, 0.15) is 5.69 Å². The number of hydrogen-bond donors (Lipinski definition) is 3. The Kier molecular flexibility index (Phi) is 6.09. The maximum Gasteiger partial charge on any atom is 0.433 e. The van der Waals surface area contributed by atoms with Crippen molar-refractivity contribution in [2.24, 2.45) is 0 Å². The normalized spacial score (nSPS) is 14.3. The van der Waals surface area contributed by atoms with E-state index in [0.29, 0.717) is 31.2 Å². The summed E-state index contributed by atoms with van der Waals surface area (Å²) in [7, 11) is 0. The van der Waals surface area contributed by atoms with Gasteiger partial charge in [0.25, 0.3) is 0 Å². The number of halogens is 4. The molecule has 0 aliphatic carbocycles. The number of nitrogens with one attached hydrogen (secondary N) is 1. The van der Waals surface area contributed by atoms with E-state index in [-0.39, 0.29) is 29.0 Å². The predicted octanol–water partition coefficient (Wildman–Crippen LogP) is 5.18. The van der Waals surface area contributed by atoms with E-state index in [1.54, 1.807) is 23.2 Å². The molecule has 0 unspecified atom stereocenters. The first-order chi connectivity index (χ1) is 17.2. The van der Waals surface area contributed by atoms with Gasteiger partial charge in [0, 0.05) is 78.4 Å². The largest absolute Gasteiger partial charge is 0.508 e. The lowest BCUT2D eigenvalue weighted by Crippen LogP contribution is -2.47. The Labute approximate surface area is 208 Å². The van der Waals surface area contributed by atoms with Crippen LogP contribution in [-0.4, -0.2) is 51.3 Å². The van der Waals surface area contributed by atoms with Crippen LogP contribution in [0.3, 0.4) is 0 Å². The van der Waals surface area contributed by atoms with Gasteiger partial charge in [-0.2, -0.15) is 18.2 Å². The molecule has 12 heteroatoms. The first-order valence-electron chi connectivity index (χ1n) is 11.0. The number of piperazine rings is 1. The van der Waals surface area contributed by atoms with Gasteiger partial charge in [-0.1, -0.05) is 11.6 Å². The van der Waals surface area contributed by atoms with Crippen LogP contribution in [-0.2, 0) is 6.18 Å². The van der Waals surface area contributed by atoms with Crippen molar-refractivity contribution < 1.29 is 23.4 Å². The van der Waals surface area contributed by atoms with Gasteiger partial charge in [-0.25, -0.2) is 4.98 Å². The van der Waals surface area contributed by atoms with Crippen molar-refractivity contribution in [2.45, 2.75) is 6.18 Å². The number of anilines is 4. The molecule has 1 aliphatic rings. The summed E-state index contributed by atoms with van der Waals surface area (Å²) in [6.07, 6.45) is -2.98. The van der Waals surface area contributed by atoms with E-state index in [2.05, 4.69) is 25.2 Å². The molecule has 0 atom stereocenters. The van der Waals surface area contributed by atoms with E-state index in [0.717, 1.165) is 28.7 Å². The molecular formula is C24H20ClF3N6O2. The van der Waals surface area contributed by atoms with Crippen LogP contribution in [0.4, 0.5) is 36.3 Å². The van der Waals surface area contributed by atoms with E-state index in [1.165, 1.54) is 12.1 Å². The van der Waals surface area contributed by atoms with Crippen LogP contribution in [0.2, 0.25) is 5.02 Å². The van der Waals surface area contributed by atoms with Crippen molar-refractivity contribution in [3.8, 4) is 11.5 Å². The molecule has 0 spiro atoms. The zero-order valence-electron chi connectivity index (χ0n) is 18.7. The molecule has 5 rings (SSSR count). The first-order valence-corrected chi connectivity index (χ1v) is 11.3. The van der Waals surface area contributed by atoms with Crippen LogP contribution < -0.4 is 15.1 Å². The molecule has 1 saturated heterocycles. The Hall–Kier alpha value is -3.99. The Bertz CT molecular complexity index is 1410. The summed E-state index contributed by atoms with van der Waals surface area (Å²) in [5.74, 6) is -0.696. The molecule has 0 saturated carbocycles. The van der Waals surface area contributed by atoms with Gasteiger partial charge in [0.1, 0.15) is 17.3 Å². The molecule has 3 heterocycles. The number of aromatic hydroxyl groups is 2. The Morgan fingerprint density at radius 2 is 1.56 bits per heavy atom. The second kappa shape index (κ2) is 9.23.